The number of H-pyrrole nitrogens is 1. The van der Waals surface area contributed by atoms with Crippen LogP contribution in [0, 0.1) is 0 Å². The van der Waals surface area contributed by atoms with Gasteiger partial charge in [0, 0.05) is 50.1 Å². The van der Waals surface area contributed by atoms with Gasteiger partial charge in [-0.05, 0) is 30.8 Å². The number of aromatic amines is 1. The van der Waals surface area contributed by atoms with Crippen molar-refractivity contribution in [1.82, 2.24) is 24.8 Å². The van der Waals surface area contributed by atoms with Crippen LogP contribution in [-0.2, 0) is 6.54 Å². The lowest BCUT2D eigenvalue weighted by Crippen LogP contribution is -2.35. The van der Waals surface area contributed by atoms with Crippen LogP contribution in [0.1, 0.15) is 30.1 Å². The van der Waals surface area contributed by atoms with E-state index in [0.29, 0.717) is 5.95 Å². The Kier molecular flexibility index (Phi) is 5.26. The molecule has 140 valence electrons. The molecule has 0 saturated carbocycles. The molecule has 1 saturated heterocycles. The second-order valence-electron chi connectivity index (χ2n) is 6.73. The van der Waals surface area contributed by atoms with Crippen LogP contribution in [0.5, 0.6) is 0 Å². The van der Waals surface area contributed by atoms with Crippen molar-refractivity contribution in [3.05, 3.63) is 57.7 Å². The molecule has 0 radical (unpaired) electrons. The van der Waals surface area contributed by atoms with Crippen molar-refractivity contribution < 1.29 is 0 Å². The zero-order valence-corrected chi connectivity index (χ0v) is 16.0. The Hall–Kier alpha value is -2.58. The number of hydrogen-bond acceptors (Lipinski definition) is 7. The van der Waals surface area contributed by atoms with E-state index in [1.165, 1.54) is 0 Å². The maximum atomic E-state index is 12.2. The summed E-state index contributed by atoms with van der Waals surface area (Å²) in [6.45, 7) is 2.69. The normalized spacial score (nSPS) is 17.7. The lowest BCUT2D eigenvalue weighted by atomic mass is 9.96. The molecule has 1 fully saturated rings. The van der Waals surface area contributed by atoms with Crippen LogP contribution < -0.4 is 10.9 Å². The van der Waals surface area contributed by atoms with Crippen LogP contribution in [0.4, 0.5) is 5.95 Å². The second kappa shape index (κ2) is 7.98. The van der Waals surface area contributed by atoms with E-state index in [9.17, 15) is 4.79 Å². The summed E-state index contributed by atoms with van der Waals surface area (Å²) in [6.07, 6.45) is 5.83. The summed E-state index contributed by atoms with van der Waals surface area (Å²) in [6, 6.07) is 5.56. The Morgan fingerprint density at radius 1 is 1.37 bits per heavy atom. The summed E-state index contributed by atoms with van der Waals surface area (Å²) in [7, 11) is 1.81. The number of rotatable bonds is 5. The topological polar surface area (TPSA) is 86.8 Å². The first-order valence-corrected chi connectivity index (χ1v) is 9.95. The molecule has 8 heteroatoms. The molecule has 0 bridgehead atoms. The minimum Gasteiger partial charge on any atom is -0.357 e. The number of anilines is 1. The maximum Gasteiger partial charge on any atom is 0.251 e. The Labute approximate surface area is 161 Å². The largest absolute Gasteiger partial charge is 0.357 e. The first-order chi connectivity index (χ1) is 13.2. The molecule has 27 heavy (non-hydrogen) atoms. The highest BCUT2D eigenvalue weighted by atomic mass is 32.1. The summed E-state index contributed by atoms with van der Waals surface area (Å²) in [5.74, 6) is 1.64. The zero-order chi connectivity index (χ0) is 18.6. The Morgan fingerprint density at radius 3 is 2.96 bits per heavy atom. The molecule has 3 aromatic heterocycles. The van der Waals surface area contributed by atoms with Gasteiger partial charge in [0.15, 0.2) is 0 Å². The molecule has 0 spiro atoms. The molecule has 0 aromatic carbocycles. The van der Waals surface area contributed by atoms with Crippen LogP contribution in [0.3, 0.4) is 0 Å². The van der Waals surface area contributed by atoms with Crippen molar-refractivity contribution in [1.29, 1.82) is 0 Å². The number of piperidine rings is 1. The molecule has 2 N–H and O–H groups in total. The molecule has 1 aliphatic heterocycles. The third-order valence-corrected chi connectivity index (χ3v) is 5.65. The highest BCUT2D eigenvalue weighted by Gasteiger charge is 2.24. The van der Waals surface area contributed by atoms with Gasteiger partial charge in [-0.3, -0.25) is 9.69 Å². The lowest BCUT2D eigenvalue weighted by molar-refractivity contribution is 0.196. The fourth-order valence-corrected chi connectivity index (χ4v) is 4.15. The SMILES string of the molecule is CNc1ncc(CN2CCC[C@@H](c3nc(-c4cccs4)cc(=O)[nH]3)C2)cn1. The molecule has 0 aliphatic carbocycles. The van der Waals surface area contributed by atoms with E-state index < -0.39 is 0 Å². The first kappa shape index (κ1) is 17.8. The molecule has 1 aliphatic rings. The molecule has 0 unspecified atom stereocenters. The molecular weight excluding hydrogens is 360 g/mol. The third kappa shape index (κ3) is 4.23. The first-order valence-electron chi connectivity index (χ1n) is 9.07. The summed E-state index contributed by atoms with van der Waals surface area (Å²) in [4.78, 5) is 31.8. The van der Waals surface area contributed by atoms with Crippen molar-refractivity contribution in [2.75, 3.05) is 25.5 Å². The number of nitrogens with zero attached hydrogens (tertiary/aromatic N) is 4. The molecular formula is C19H22N6OS. The predicted molar refractivity (Wildman–Crippen MR) is 107 cm³/mol. The summed E-state index contributed by atoms with van der Waals surface area (Å²) < 4.78 is 0. The lowest BCUT2D eigenvalue weighted by Gasteiger charge is -2.32. The second-order valence-corrected chi connectivity index (χ2v) is 7.68. The Balaban J connectivity index is 1.50. The number of thiophene rings is 1. The van der Waals surface area contributed by atoms with Crippen molar-refractivity contribution in [2.45, 2.75) is 25.3 Å². The predicted octanol–water partition coefficient (Wildman–Crippen LogP) is 2.71. The van der Waals surface area contributed by atoms with Crippen LogP contribution in [0.15, 0.2) is 40.8 Å². The van der Waals surface area contributed by atoms with E-state index in [2.05, 4.69) is 25.2 Å². The Morgan fingerprint density at radius 2 is 2.22 bits per heavy atom. The third-order valence-electron chi connectivity index (χ3n) is 4.76. The van der Waals surface area contributed by atoms with Crippen molar-refractivity contribution in [2.24, 2.45) is 0 Å². The van der Waals surface area contributed by atoms with Crippen LogP contribution in [0.2, 0.25) is 0 Å². The highest BCUT2D eigenvalue weighted by molar-refractivity contribution is 7.13. The minimum atomic E-state index is -0.0865. The Bertz CT molecular complexity index is 938. The van der Waals surface area contributed by atoms with E-state index in [4.69, 9.17) is 4.98 Å². The summed E-state index contributed by atoms with van der Waals surface area (Å²) in [5.41, 5.74) is 1.76. The molecule has 3 aromatic rings. The molecule has 4 heterocycles. The zero-order valence-electron chi connectivity index (χ0n) is 15.2. The van der Waals surface area contributed by atoms with E-state index in [1.54, 1.807) is 17.4 Å². The average Bonchev–Trinajstić information content (AvgIpc) is 3.23. The molecule has 4 rings (SSSR count). The van der Waals surface area contributed by atoms with Gasteiger partial charge in [-0.15, -0.1) is 11.3 Å². The van der Waals surface area contributed by atoms with E-state index >= 15 is 0 Å². The van der Waals surface area contributed by atoms with Gasteiger partial charge in [0.05, 0.1) is 10.6 Å². The van der Waals surface area contributed by atoms with Crippen molar-refractivity contribution in [3.8, 4) is 10.6 Å². The molecule has 7 nitrogen and oxygen atoms in total. The average molecular weight is 382 g/mol. The van der Waals surface area contributed by atoms with E-state index in [0.717, 1.165) is 54.4 Å². The molecule has 0 amide bonds. The van der Waals surface area contributed by atoms with Gasteiger partial charge in [-0.25, -0.2) is 15.0 Å². The summed E-state index contributed by atoms with van der Waals surface area (Å²) in [5, 5.41) is 4.93. The van der Waals surface area contributed by atoms with Gasteiger partial charge in [0.25, 0.3) is 5.56 Å². The van der Waals surface area contributed by atoms with Gasteiger partial charge in [0.2, 0.25) is 5.95 Å². The van der Waals surface area contributed by atoms with E-state index in [1.807, 2.05) is 37.0 Å². The van der Waals surface area contributed by atoms with Crippen LogP contribution in [-0.4, -0.2) is 45.0 Å². The number of nitrogens with one attached hydrogen (secondary N) is 2. The van der Waals surface area contributed by atoms with Crippen molar-refractivity contribution in [3.63, 3.8) is 0 Å². The monoisotopic (exact) mass is 382 g/mol. The van der Waals surface area contributed by atoms with Gasteiger partial charge in [-0.1, -0.05) is 6.07 Å². The number of likely N-dealkylation sites (tertiary alicyclic amines) is 1. The van der Waals surface area contributed by atoms with Gasteiger partial charge < -0.3 is 10.3 Å². The highest BCUT2D eigenvalue weighted by Crippen LogP contribution is 2.27. The standard InChI is InChI=1S/C19H22N6OS/c1-20-19-21-9-13(10-22-19)11-25-6-2-4-14(12-25)18-23-15(8-17(26)24-18)16-5-3-7-27-16/h3,5,7-10,14H,2,4,6,11-12H2,1H3,(H,20,21,22)(H,23,24,26)/t14-/m1/s1. The summed E-state index contributed by atoms with van der Waals surface area (Å²) >= 11 is 1.60. The smallest absolute Gasteiger partial charge is 0.251 e. The number of hydrogen-bond donors (Lipinski definition) is 2. The fourth-order valence-electron chi connectivity index (χ4n) is 3.47. The van der Waals surface area contributed by atoms with Crippen LogP contribution >= 0.6 is 11.3 Å². The number of aromatic nitrogens is 4. The van der Waals surface area contributed by atoms with Crippen molar-refractivity contribution >= 4 is 17.3 Å². The maximum absolute atomic E-state index is 12.2. The van der Waals surface area contributed by atoms with Gasteiger partial charge >= 0.3 is 0 Å². The van der Waals surface area contributed by atoms with Gasteiger partial charge in [-0.2, -0.15) is 0 Å². The molecule has 1 atom stereocenters. The quantitative estimate of drug-likeness (QED) is 0.706. The fraction of sp³-hybridized carbons (Fsp3) is 0.368. The van der Waals surface area contributed by atoms with Crippen LogP contribution in [0.25, 0.3) is 10.6 Å². The van der Waals surface area contributed by atoms with Gasteiger partial charge in [0.1, 0.15) is 5.82 Å². The minimum absolute atomic E-state index is 0.0865. The van der Waals surface area contributed by atoms with E-state index in [-0.39, 0.29) is 11.5 Å².